The van der Waals surface area contributed by atoms with Gasteiger partial charge in [0.2, 0.25) is 0 Å². The zero-order valence-corrected chi connectivity index (χ0v) is 13.0. The van der Waals surface area contributed by atoms with Gasteiger partial charge in [0.1, 0.15) is 4.90 Å². The first-order valence-electron chi connectivity index (χ1n) is 6.50. The number of benzene rings is 1. The molecule has 0 bridgehead atoms. The molecule has 0 aliphatic carbocycles. The lowest BCUT2D eigenvalue weighted by Crippen LogP contribution is -2.34. The Balaban J connectivity index is 2.34. The molecular weight excluding hydrogens is 273 g/mol. The van der Waals surface area contributed by atoms with Crippen molar-refractivity contribution in [1.82, 2.24) is 4.47 Å². The van der Waals surface area contributed by atoms with Gasteiger partial charge in [0.25, 0.3) is 10.1 Å². The second-order valence-electron chi connectivity index (χ2n) is 5.87. The quantitative estimate of drug-likeness (QED) is 0.872. The van der Waals surface area contributed by atoms with Gasteiger partial charge in [0.15, 0.2) is 6.69 Å². The average Bonchev–Trinajstić information content (AvgIpc) is 2.76. The second kappa shape index (κ2) is 5.09. The topological polar surface area (TPSA) is 48.3 Å². The van der Waals surface area contributed by atoms with E-state index in [-0.39, 0.29) is 10.4 Å². The second-order valence-corrected chi connectivity index (χ2v) is 7.44. The molecule has 1 aromatic heterocycles. The Morgan fingerprint density at radius 1 is 1.15 bits per heavy atom. The van der Waals surface area contributed by atoms with Gasteiger partial charge in [-0.3, -0.25) is 0 Å². The number of aromatic nitrogens is 1. The highest BCUT2D eigenvalue weighted by molar-refractivity contribution is 7.87. The number of rotatable bonds is 3. The van der Waals surface area contributed by atoms with Crippen molar-refractivity contribution in [2.75, 3.05) is 0 Å². The molecule has 2 aromatic rings. The third kappa shape index (κ3) is 3.12. The fourth-order valence-electron chi connectivity index (χ4n) is 1.99. The Bertz CT molecular complexity index is 697. The molecule has 0 atom stereocenters. The monoisotopic (exact) mass is 292 g/mol. The smallest absolute Gasteiger partial charge is 0.291 e. The molecule has 0 fully saturated rings. The molecule has 0 saturated heterocycles. The maximum absolute atomic E-state index is 12.3. The highest BCUT2D eigenvalue weighted by Crippen LogP contribution is 2.15. The summed E-state index contributed by atoms with van der Waals surface area (Å²) < 4.78 is 31.8. The molecule has 1 heterocycles. The summed E-state index contributed by atoms with van der Waals surface area (Å²) in [6.07, 6.45) is 1.84. The summed E-state index contributed by atoms with van der Waals surface area (Å²) in [6.45, 7) is 7.33. The first-order valence-corrected chi connectivity index (χ1v) is 7.91. The van der Waals surface area contributed by atoms with Crippen LogP contribution < -0.4 is 4.10 Å². The van der Waals surface area contributed by atoms with Gasteiger partial charge in [0, 0.05) is 0 Å². The number of hydrogen-bond acceptors (Lipinski definition) is 3. The number of nitrogens with zero attached hydrogens (tertiary/aromatic N) is 1. The molecule has 6 heteroatoms. The summed E-state index contributed by atoms with van der Waals surface area (Å²) in [7, 11) is -3.77. The van der Waals surface area contributed by atoms with Crippen LogP contribution in [0.25, 0.3) is 0 Å². The van der Waals surface area contributed by atoms with Crippen LogP contribution in [-0.4, -0.2) is 19.6 Å². The summed E-state index contributed by atoms with van der Waals surface area (Å²) >= 11 is 0. The van der Waals surface area contributed by atoms with E-state index in [1.165, 1.54) is 0 Å². The van der Waals surface area contributed by atoms with Crippen molar-refractivity contribution in [2.45, 2.75) is 38.1 Å². The molecule has 4 nitrogen and oxygen atoms in total. The lowest BCUT2D eigenvalue weighted by atomic mass is 9.96. The van der Waals surface area contributed by atoms with Crippen LogP contribution in [0.1, 0.15) is 26.3 Å². The van der Waals surface area contributed by atoms with Gasteiger partial charge in [-0.15, -0.1) is 0 Å². The first kappa shape index (κ1) is 14.8. The Hall–Kier alpha value is -1.56. The summed E-state index contributed by atoms with van der Waals surface area (Å²) in [5.41, 5.74) is 0.797. The maximum atomic E-state index is 12.3. The van der Waals surface area contributed by atoms with E-state index in [4.69, 9.17) is 4.10 Å². The van der Waals surface area contributed by atoms with Crippen molar-refractivity contribution >= 4 is 16.8 Å². The molecule has 0 radical (unpaired) electrons. The van der Waals surface area contributed by atoms with E-state index in [1.54, 1.807) is 36.3 Å². The molecule has 0 unspecified atom stereocenters. The molecule has 0 aliphatic heterocycles. The van der Waals surface area contributed by atoms with Gasteiger partial charge in [-0.1, -0.05) is 23.8 Å². The van der Waals surface area contributed by atoms with Gasteiger partial charge in [0.05, 0.1) is 0 Å². The fourth-order valence-corrected chi connectivity index (χ4v) is 2.99. The summed E-state index contributed by atoms with van der Waals surface area (Å²) in [5, 5.41) is 0. The normalized spacial score (nSPS) is 12.4. The number of hydrogen-bond donors (Lipinski definition) is 0. The van der Waals surface area contributed by atoms with Crippen LogP contribution in [-0.2, 0) is 15.7 Å². The van der Waals surface area contributed by atoms with Crippen LogP contribution in [0.5, 0.6) is 0 Å². The van der Waals surface area contributed by atoms with Crippen LogP contribution in [0.15, 0.2) is 47.4 Å². The molecule has 20 heavy (non-hydrogen) atoms. The molecule has 0 aliphatic rings. The van der Waals surface area contributed by atoms with E-state index in [9.17, 15) is 8.42 Å². The summed E-state index contributed by atoms with van der Waals surface area (Å²) in [4.78, 5) is 0.178. The van der Waals surface area contributed by atoms with E-state index in [1.807, 2.05) is 38.4 Å². The third-order valence-corrected chi connectivity index (χ3v) is 4.41. The van der Waals surface area contributed by atoms with E-state index >= 15 is 0 Å². The Kier molecular flexibility index (Phi) is 3.78. The summed E-state index contributed by atoms with van der Waals surface area (Å²) in [6, 6.07) is 8.45. The lowest BCUT2D eigenvalue weighted by molar-refractivity contribution is 0.407. The SMILES string of the molecule is Cc1ccc(S(=O)(=O)O[b-]2cccn2C(C)(C)C)cc1. The minimum Gasteiger partial charge on any atom is -0.630 e. The molecule has 0 N–H and O–H groups in total. The van der Waals surface area contributed by atoms with Crippen molar-refractivity contribution < 1.29 is 12.5 Å². The third-order valence-electron chi connectivity index (χ3n) is 3.11. The van der Waals surface area contributed by atoms with Crippen molar-refractivity contribution in [3.63, 3.8) is 0 Å². The average molecular weight is 292 g/mol. The van der Waals surface area contributed by atoms with Crippen molar-refractivity contribution in [2.24, 2.45) is 0 Å². The molecule has 1 aromatic carbocycles. The van der Waals surface area contributed by atoms with Gasteiger partial charge in [-0.05, 0) is 51.6 Å². The molecule has 2 rings (SSSR count). The van der Waals surface area contributed by atoms with Crippen molar-refractivity contribution in [3.8, 4) is 0 Å². The predicted molar refractivity (Wildman–Crippen MR) is 80.3 cm³/mol. The highest BCUT2D eigenvalue weighted by Gasteiger charge is 2.15. The zero-order valence-electron chi connectivity index (χ0n) is 12.2. The van der Waals surface area contributed by atoms with Crippen LogP contribution >= 0.6 is 0 Å². The van der Waals surface area contributed by atoms with Gasteiger partial charge >= 0.3 is 0 Å². The number of aryl methyl sites for hydroxylation is 1. The Morgan fingerprint density at radius 3 is 2.30 bits per heavy atom. The van der Waals surface area contributed by atoms with Gasteiger partial charge < -0.3 is 8.58 Å². The Morgan fingerprint density at radius 2 is 1.75 bits per heavy atom. The van der Waals surface area contributed by atoms with Crippen LogP contribution in [0.3, 0.4) is 0 Å². The van der Waals surface area contributed by atoms with Crippen molar-refractivity contribution in [3.05, 3.63) is 48.1 Å². The zero-order chi connectivity index (χ0) is 15.0. The van der Waals surface area contributed by atoms with E-state index in [2.05, 4.69) is 0 Å². The fraction of sp³-hybridized carbons (Fsp3) is 0.357. The van der Waals surface area contributed by atoms with E-state index in [0.29, 0.717) is 0 Å². The van der Waals surface area contributed by atoms with Crippen LogP contribution in [0.4, 0.5) is 0 Å². The maximum Gasteiger partial charge on any atom is 0.291 e. The molecule has 0 saturated carbocycles. The Labute approximate surface area is 120 Å². The molecule has 0 amide bonds. The van der Waals surface area contributed by atoms with E-state index < -0.39 is 16.8 Å². The van der Waals surface area contributed by atoms with Crippen LogP contribution in [0, 0.1) is 6.92 Å². The first-order chi connectivity index (χ1) is 9.20. The van der Waals surface area contributed by atoms with Gasteiger partial charge in [-0.2, -0.15) is 8.42 Å². The van der Waals surface area contributed by atoms with Crippen LogP contribution in [0.2, 0.25) is 0 Å². The highest BCUT2D eigenvalue weighted by atomic mass is 32.2. The van der Waals surface area contributed by atoms with E-state index in [0.717, 1.165) is 5.56 Å². The van der Waals surface area contributed by atoms with Gasteiger partial charge in [-0.25, -0.2) is 5.96 Å². The lowest BCUT2D eigenvalue weighted by Gasteiger charge is -2.33. The predicted octanol–water partition coefficient (Wildman–Crippen LogP) is 2.39. The molecular formula is C14H19BNO3S-. The largest absolute Gasteiger partial charge is 0.630 e. The minimum absolute atomic E-state index is 0.178. The standard InChI is InChI=1S/C14H19BNO3S/c1-12-6-8-13(9-7-12)20(17,18)19-15-10-5-11-16(15)14(2,3)4/h5-11H,1-4H3/q-1. The minimum atomic E-state index is -3.77. The van der Waals surface area contributed by atoms with Crippen molar-refractivity contribution in [1.29, 1.82) is 0 Å². The molecule has 0 spiro atoms. The molecule has 108 valence electrons. The summed E-state index contributed by atoms with van der Waals surface area (Å²) in [5.74, 6) is 1.73.